The van der Waals surface area contributed by atoms with Gasteiger partial charge in [0.05, 0.1) is 13.7 Å². The van der Waals surface area contributed by atoms with Crippen molar-refractivity contribution in [3.63, 3.8) is 0 Å². The number of piperidine rings is 1. The van der Waals surface area contributed by atoms with Gasteiger partial charge >= 0.3 is 5.97 Å². The zero-order chi connectivity index (χ0) is 17.7. The van der Waals surface area contributed by atoms with Crippen molar-refractivity contribution in [2.45, 2.75) is 25.0 Å². The Hall–Kier alpha value is -2.06. The van der Waals surface area contributed by atoms with Crippen LogP contribution >= 0.6 is 0 Å². The summed E-state index contributed by atoms with van der Waals surface area (Å²) in [4.78, 5) is 25.0. The van der Waals surface area contributed by atoms with E-state index in [2.05, 4.69) is 10.1 Å². The number of benzene rings is 1. The number of carbonyl (C=O) groups excluding carboxylic acids is 2. The molecule has 0 aliphatic carbocycles. The van der Waals surface area contributed by atoms with Crippen LogP contribution in [0.15, 0.2) is 18.2 Å². The molecule has 1 atom stereocenters. The van der Waals surface area contributed by atoms with Gasteiger partial charge in [-0.2, -0.15) is 0 Å². The fraction of sp³-hybridized carbons (Fsp3) is 0.500. The third-order valence-corrected chi connectivity index (χ3v) is 3.98. The van der Waals surface area contributed by atoms with Crippen LogP contribution in [0.5, 0.6) is 0 Å². The number of rotatable bonds is 6. The summed E-state index contributed by atoms with van der Waals surface area (Å²) in [7, 11) is 1.24. The molecule has 1 heterocycles. The summed E-state index contributed by atoms with van der Waals surface area (Å²) in [6, 6.07) is 3.43. The number of methoxy groups -OCH3 is 1. The smallest absolute Gasteiger partial charge is 0.319 e. The zero-order valence-corrected chi connectivity index (χ0v) is 13.3. The Morgan fingerprint density at radius 2 is 2.17 bits per heavy atom. The number of hydrogen-bond acceptors (Lipinski definition) is 5. The van der Waals surface area contributed by atoms with Crippen molar-refractivity contribution in [1.82, 2.24) is 10.2 Å². The van der Waals surface area contributed by atoms with Gasteiger partial charge in [-0.1, -0.05) is 6.07 Å². The van der Waals surface area contributed by atoms with Crippen LogP contribution in [0, 0.1) is 11.6 Å². The maximum absolute atomic E-state index is 13.3. The number of hydrogen-bond donors (Lipinski definition) is 2. The lowest BCUT2D eigenvalue weighted by atomic mass is 9.91. The molecule has 0 bridgehead atoms. The lowest BCUT2D eigenvalue weighted by Crippen LogP contribution is -2.58. The Labute approximate surface area is 138 Å². The Morgan fingerprint density at radius 1 is 1.42 bits per heavy atom. The van der Waals surface area contributed by atoms with Crippen LogP contribution in [0.3, 0.4) is 0 Å². The quantitative estimate of drug-likeness (QED) is 0.740. The average molecular weight is 342 g/mol. The van der Waals surface area contributed by atoms with Crippen LogP contribution in [0.25, 0.3) is 0 Å². The van der Waals surface area contributed by atoms with Gasteiger partial charge in [0.15, 0.2) is 17.2 Å². The zero-order valence-electron chi connectivity index (χ0n) is 13.3. The molecule has 0 radical (unpaired) electrons. The van der Waals surface area contributed by atoms with E-state index in [1.165, 1.54) is 18.1 Å². The molecule has 1 saturated heterocycles. The number of nitrogens with zero attached hydrogens (tertiary/aromatic N) is 1. The van der Waals surface area contributed by atoms with Gasteiger partial charge in [0.1, 0.15) is 0 Å². The Kier molecular flexibility index (Phi) is 5.84. The second-order valence-electron chi connectivity index (χ2n) is 5.79. The van der Waals surface area contributed by atoms with Gasteiger partial charge in [0.25, 0.3) is 5.91 Å². The summed E-state index contributed by atoms with van der Waals surface area (Å²) in [6.45, 7) is 0.289. The maximum Gasteiger partial charge on any atom is 0.319 e. The van der Waals surface area contributed by atoms with Crippen molar-refractivity contribution < 1.29 is 28.2 Å². The molecule has 1 fully saturated rings. The molecule has 1 aliphatic rings. The molecule has 8 heteroatoms. The number of likely N-dealkylation sites (tertiary alicyclic amines) is 1. The summed E-state index contributed by atoms with van der Waals surface area (Å²) >= 11 is 0. The number of amides is 1. The lowest BCUT2D eigenvalue weighted by Gasteiger charge is -2.38. The molecule has 1 aliphatic heterocycles. The first-order chi connectivity index (χ1) is 11.4. The van der Waals surface area contributed by atoms with Crippen LogP contribution in [-0.2, 0) is 20.9 Å². The second kappa shape index (κ2) is 7.67. The highest BCUT2D eigenvalue weighted by atomic mass is 19.2. The van der Waals surface area contributed by atoms with Crippen LogP contribution in [-0.4, -0.2) is 54.2 Å². The van der Waals surface area contributed by atoms with E-state index in [1.54, 1.807) is 0 Å². The highest BCUT2D eigenvalue weighted by Gasteiger charge is 2.41. The molecule has 1 amide bonds. The van der Waals surface area contributed by atoms with E-state index in [9.17, 15) is 23.5 Å². The molecule has 0 aromatic heterocycles. The largest absolute Gasteiger partial charge is 0.468 e. The lowest BCUT2D eigenvalue weighted by molar-refractivity contribution is -0.157. The first-order valence-electron chi connectivity index (χ1n) is 7.59. The van der Waals surface area contributed by atoms with E-state index in [0.717, 1.165) is 12.1 Å². The molecular formula is C16H20F2N2O4. The van der Waals surface area contributed by atoms with Crippen molar-refractivity contribution in [1.29, 1.82) is 0 Å². The van der Waals surface area contributed by atoms with E-state index >= 15 is 0 Å². The molecular weight excluding hydrogens is 322 g/mol. The highest BCUT2D eigenvalue weighted by Crippen LogP contribution is 2.24. The van der Waals surface area contributed by atoms with Crippen molar-refractivity contribution in [2.75, 3.05) is 26.7 Å². The van der Waals surface area contributed by atoms with Gasteiger partial charge in [0.2, 0.25) is 0 Å². The molecule has 6 nitrogen and oxygen atoms in total. The number of esters is 1. The SMILES string of the molecule is COC(=O)CNC[C@@]1(O)CCCN(Cc2ccc(F)c(F)c2)C1=O. The normalized spacial score (nSPS) is 21.0. The first kappa shape index (κ1) is 18.3. The van der Waals surface area contributed by atoms with Gasteiger partial charge in [-0.05, 0) is 30.5 Å². The molecule has 0 spiro atoms. The third kappa shape index (κ3) is 4.27. The fourth-order valence-corrected chi connectivity index (χ4v) is 2.68. The van der Waals surface area contributed by atoms with Crippen molar-refractivity contribution >= 4 is 11.9 Å². The summed E-state index contributed by atoms with van der Waals surface area (Å²) in [5.41, 5.74) is -1.20. The number of nitrogens with one attached hydrogen (secondary N) is 1. The molecule has 24 heavy (non-hydrogen) atoms. The van der Waals surface area contributed by atoms with Gasteiger partial charge in [-0.15, -0.1) is 0 Å². The van der Waals surface area contributed by atoms with Gasteiger partial charge in [-0.3, -0.25) is 9.59 Å². The summed E-state index contributed by atoms with van der Waals surface area (Å²) in [5.74, 6) is -2.93. The van der Waals surface area contributed by atoms with Crippen LogP contribution in [0.1, 0.15) is 18.4 Å². The molecule has 1 aromatic carbocycles. The van der Waals surface area contributed by atoms with E-state index in [4.69, 9.17) is 0 Å². The van der Waals surface area contributed by atoms with E-state index in [-0.39, 0.29) is 26.1 Å². The summed E-state index contributed by atoms with van der Waals surface area (Å²) in [5, 5.41) is 13.2. The Bertz CT molecular complexity index is 626. The van der Waals surface area contributed by atoms with Gasteiger partial charge < -0.3 is 20.1 Å². The topological polar surface area (TPSA) is 78.9 Å². The number of aliphatic hydroxyl groups is 1. The summed E-state index contributed by atoms with van der Waals surface area (Å²) < 4.78 is 30.7. The molecule has 0 unspecified atom stereocenters. The van der Waals surface area contributed by atoms with Crippen molar-refractivity contribution in [3.05, 3.63) is 35.4 Å². The Morgan fingerprint density at radius 3 is 2.83 bits per heavy atom. The third-order valence-electron chi connectivity index (χ3n) is 3.98. The predicted octanol–water partition coefficient (Wildman–Crippen LogP) is 0.581. The van der Waals surface area contributed by atoms with Crippen LogP contribution in [0.2, 0.25) is 0 Å². The second-order valence-corrected chi connectivity index (χ2v) is 5.79. The minimum absolute atomic E-state index is 0.0787. The highest BCUT2D eigenvalue weighted by molar-refractivity contribution is 5.86. The molecule has 2 N–H and O–H groups in total. The Balaban J connectivity index is 2.00. The van der Waals surface area contributed by atoms with Crippen molar-refractivity contribution in [3.8, 4) is 0 Å². The minimum Gasteiger partial charge on any atom is -0.468 e. The van der Waals surface area contributed by atoms with Gasteiger partial charge in [-0.25, -0.2) is 8.78 Å². The molecule has 2 rings (SSSR count). The van der Waals surface area contributed by atoms with Crippen LogP contribution in [0.4, 0.5) is 8.78 Å². The molecule has 0 saturated carbocycles. The minimum atomic E-state index is -1.63. The van der Waals surface area contributed by atoms with Crippen molar-refractivity contribution in [2.24, 2.45) is 0 Å². The molecule has 132 valence electrons. The fourth-order valence-electron chi connectivity index (χ4n) is 2.68. The van der Waals surface area contributed by atoms with E-state index < -0.39 is 29.1 Å². The van der Waals surface area contributed by atoms with E-state index in [0.29, 0.717) is 18.5 Å². The summed E-state index contributed by atoms with van der Waals surface area (Å²) in [6.07, 6.45) is 0.820. The number of ether oxygens (including phenoxy) is 1. The van der Waals surface area contributed by atoms with E-state index in [1.807, 2.05) is 0 Å². The first-order valence-corrected chi connectivity index (χ1v) is 7.59. The average Bonchev–Trinajstić information content (AvgIpc) is 2.55. The number of halogens is 2. The predicted molar refractivity (Wildman–Crippen MR) is 80.8 cm³/mol. The maximum atomic E-state index is 13.3. The van der Waals surface area contributed by atoms with Gasteiger partial charge in [0, 0.05) is 19.6 Å². The van der Waals surface area contributed by atoms with Crippen LogP contribution < -0.4 is 5.32 Å². The number of carbonyl (C=O) groups is 2. The monoisotopic (exact) mass is 342 g/mol. The molecule has 1 aromatic rings. The standard InChI is InChI=1S/C16H20F2N2O4/c1-24-14(21)8-19-10-16(23)5-2-6-20(15(16)22)9-11-3-4-12(17)13(18)7-11/h3-4,7,19,23H,2,5-6,8-10H2,1H3/t16-/m0/s1.